The Kier molecular flexibility index (Phi) is 11.5. The molecule has 11 N–H and O–H groups in total. The SMILES string of the molecule is NC(N)=NCCC[C@@H]1NC(=O)[C@@H]2C[C@H](N)CN2C(=O)[C@@H](Cc2ccc(O)cc2)NC(=O)CNC(=O)[C@H](Cc2ccc3ccccc3c2)NC1=O. The van der Waals surface area contributed by atoms with Crippen LogP contribution in [0, 0.1) is 0 Å². The van der Waals surface area contributed by atoms with Crippen molar-refractivity contribution in [3.8, 4) is 5.75 Å². The van der Waals surface area contributed by atoms with Gasteiger partial charge in [0.1, 0.15) is 29.9 Å². The third-order valence-corrected chi connectivity index (χ3v) is 8.82. The average Bonchev–Trinajstić information content (AvgIpc) is 3.49. The smallest absolute Gasteiger partial charge is 0.246 e. The predicted octanol–water partition coefficient (Wildman–Crippen LogP) is -1.10. The third kappa shape index (κ3) is 9.25. The largest absolute Gasteiger partial charge is 0.508 e. The van der Waals surface area contributed by atoms with Crippen LogP contribution in [0.15, 0.2) is 71.7 Å². The lowest BCUT2D eigenvalue weighted by molar-refractivity contribution is -0.142. The van der Waals surface area contributed by atoms with Crippen LogP contribution in [-0.4, -0.2) is 95.3 Å². The van der Waals surface area contributed by atoms with Gasteiger partial charge in [0.2, 0.25) is 29.5 Å². The van der Waals surface area contributed by atoms with E-state index in [0.29, 0.717) is 12.0 Å². The molecule has 15 heteroatoms. The minimum atomic E-state index is -1.13. The summed E-state index contributed by atoms with van der Waals surface area (Å²) in [5, 5.41) is 22.6. The molecule has 0 aromatic heterocycles. The molecule has 0 saturated carbocycles. The zero-order chi connectivity index (χ0) is 35.8. The van der Waals surface area contributed by atoms with Crippen LogP contribution in [0.5, 0.6) is 5.75 Å². The first-order valence-corrected chi connectivity index (χ1v) is 16.5. The first kappa shape index (κ1) is 35.6. The first-order chi connectivity index (χ1) is 24.0. The van der Waals surface area contributed by atoms with Crippen LogP contribution in [0.4, 0.5) is 0 Å². The number of aliphatic imine (C=N–C) groups is 1. The van der Waals surface area contributed by atoms with Crippen molar-refractivity contribution in [2.24, 2.45) is 22.2 Å². The van der Waals surface area contributed by atoms with Crippen molar-refractivity contribution in [2.75, 3.05) is 19.6 Å². The van der Waals surface area contributed by atoms with Gasteiger partial charge < -0.3 is 48.5 Å². The van der Waals surface area contributed by atoms with Crippen molar-refractivity contribution in [1.29, 1.82) is 0 Å². The van der Waals surface area contributed by atoms with Gasteiger partial charge in [-0.15, -0.1) is 0 Å². The Morgan fingerprint density at radius 1 is 0.800 bits per heavy atom. The summed E-state index contributed by atoms with van der Waals surface area (Å²) < 4.78 is 0. The standard InChI is InChI=1S/C35H43N9O6/c36-24-17-29-33(49)42-26(6-3-13-39-35(37)38)32(48)43-27(16-21-7-10-22-4-1-2-5-23(22)14-21)31(47)40-18-30(46)41-28(34(50)44(29)19-24)15-20-8-11-25(45)12-9-20/h1-2,4-5,7-12,14,24,26-29,45H,3,6,13,15-19,36H2,(H,40,47)(H,41,46)(H,42,49)(H,43,48)(H4,37,38,39)/t24-,26-,27-,28+,29-/m0/s1. The molecule has 3 aromatic rings. The molecule has 0 radical (unpaired) electrons. The Morgan fingerprint density at radius 3 is 2.22 bits per heavy atom. The van der Waals surface area contributed by atoms with Crippen molar-refractivity contribution in [1.82, 2.24) is 26.2 Å². The first-order valence-electron chi connectivity index (χ1n) is 16.5. The summed E-state index contributed by atoms with van der Waals surface area (Å²) in [6, 6.07) is 14.7. The lowest BCUT2D eigenvalue weighted by atomic mass is 10.0. The number of fused-ring (bicyclic) bond motifs is 2. The van der Waals surface area contributed by atoms with Gasteiger partial charge in [-0.2, -0.15) is 0 Å². The quantitative estimate of drug-likeness (QED) is 0.0813. The highest BCUT2D eigenvalue weighted by atomic mass is 16.3. The molecule has 0 bridgehead atoms. The molecule has 5 rings (SSSR count). The fourth-order valence-electron chi connectivity index (χ4n) is 6.29. The molecular formula is C35H43N9O6. The lowest BCUT2D eigenvalue weighted by Gasteiger charge is -2.30. The summed E-state index contributed by atoms with van der Waals surface area (Å²) in [4.78, 5) is 73.9. The van der Waals surface area contributed by atoms with Crippen molar-refractivity contribution in [3.05, 3.63) is 77.9 Å². The number of rotatable bonds is 8. The molecule has 0 unspecified atom stereocenters. The van der Waals surface area contributed by atoms with E-state index in [4.69, 9.17) is 17.2 Å². The van der Waals surface area contributed by atoms with E-state index in [1.165, 1.54) is 17.0 Å². The highest BCUT2D eigenvalue weighted by Gasteiger charge is 2.42. The van der Waals surface area contributed by atoms with E-state index in [1.54, 1.807) is 12.1 Å². The number of phenols is 1. The van der Waals surface area contributed by atoms with E-state index in [9.17, 15) is 29.1 Å². The Balaban J connectivity index is 1.46. The van der Waals surface area contributed by atoms with Crippen molar-refractivity contribution in [2.45, 2.75) is 62.3 Å². The molecule has 2 heterocycles. The van der Waals surface area contributed by atoms with Gasteiger partial charge in [-0.05, 0) is 53.3 Å². The number of hydrogen-bond acceptors (Lipinski definition) is 8. The van der Waals surface area contributed by atoms with Crippen LogP contribution in [0.1, 0.15) is 30.4 Å². The second-order valence-electron chi connectivity index (χ2n) is 12.7. The summed E-state index contributed by atoms with van der Waals surface area (Å²) in [7, 11) is 0. The van der Waals surface area contributed by atoms with Gasteiger partial charge in [-0.3, -0.25) is 29.0 Å². The molecule has 50 heavy (non-hydrogen) atoms. The minimum absolute atomic E-state index is 0.0328. The zero-order valence-corrected chi connectivity index (χ0v) is 27.5. The van der Waals surface area contributed by atoms with Gasteiger partial charge in [0.15, 0.2) is 5.96 Å². The molecule has 5 atom stereocenters. The second kappa shape index (κ2) is 16.1. The number of nitrogens with zero attached hydrogens (tertiary/aromatic N) is 2. The van der Waals surface area contributed by atoms with Crippen LogP contribution in [0.2, 0.25) is 0 Å². The fourth-order valence-corrected chi connectivity index (χ4v) is 6.29. The molecule has 15 nitrogen and oxygen atoms in total. The Morgan fingerprint density at radius 2 is 1.48 bits per heavy atom. The number of nitrogens with two attached hydrogens (primary N) is 3. The molecule has 2 aliphatic rings. The third-order valence-electron chi connectivity index (χ3n) is 8.82. The van der Waals surface area contributed by atoms with Gasteiger partial charge in [-0.1, -0.05) is 54.6 Å². The molecular weight excluding hydrogens is 642 g/mol. The van der Waals surface area contributed by atoms with Crippen LogP contribution in [0.25, 0.3) is 10.8 Å². The molecule has 0 spiro atoms. The highest BCUT2D eigenvalue weighted by molar-refractivity contribution is 5.97. The zero-order valence-electron chi connectivity index (χ0n) is 27.5. The van der Waals surface area contributed by atoms with E-state index in [-0.39, 0.29) is 50.5 Å². The highest BCUT2D eigenvalue weighted by Crippen LogP contribution is 2.21. The molecule has 264 valence electrons. The normalized spacial score (nSPS) is 23.5. The number of amides is 5. The van der Waals surface area contributed by atoms with E-state index in [0.717, 1.165) is 16.3 Å². The average molecular weight is 686 g/mol. The number of aromatic hydroxyl groups is 1. The van der Waals surface area contributed by atoms with Gasteiger partial charge in [0.05, 0.1) is 6.54 Å². The molecule has 0 aliphatic carbocycles. The van der Waals surface area contributed by atoms with Gasteiger partial charge >= 0.3 is 0 Å². The maximum Gasteiger partial charge on any atom is 0.246 e. The van der Waals surface area contributed by atoms with Crippen LogP contribution < -0.4 is 38.5 Å². The number of hydrogen-bond donors (Lipinski definition) is 8. The number of guanidine groups is 1. The maximum absolute atomic E-state index is 14.0. The summed E-state index contributed by atoms with van der Waals surface area (Å²) in [5.74, 6) is -3.15. The predicted molar refractivity (Wildman–Crippen MR) is 186 cm³/mol. The Labute approximate surface area is 289 Å². The van der Waals surface area contributed by atoms with Gasteiger partial charge in [0, 0.05) is 32.0 Å². The summed E-state index contributed by atoms with van der Waals surface area (Å²) in [5.41, 5.74) is 18.6. The molecule has 3 aromatic carbocycles. The number of carbonyl (C=O) groups excluding carboxylic acids is 5. The van der Waals surface area contributed by atoms with Crippen LogP contribution in [0.3, 0.4) is 0 Å². The van der Waals surface area contributed by atoms with E-state index in [2.05, 4.69) is 26.3 Å². The monoisotopic (exact) mass is 685 g/mol. The summed E-state index contributed by atoms with van der Waals surface area (Å²) >= 11 is 0. The van der Waals surface area contributed by atoms with E-state index >= 15 is 0 Å². The van der Waals surface area contributed by atoms with Crippen molar-refractivity contribution >= 4 is 46.3 Å². The minimum Gasteiger partial charge on any atom is -0.508 e. The topological polar surface area (TPSA) is 247 Å². The van der Waals surface area contributed by atoms with Crippen LogP contribution >= 0.6 is 0 Å². The molecule has 2 saturated heterocycles. The second-order valence-corrected chi connectivity index (χ2v) is 12.7. The number of nitrogens with one attached hydrogen (secondary N) is 4. The maximum atomic E-state index is 14.0. The summed E-state index contributed by atoms with van der Waals surface area (Å²) in [6.07, 6.45) is 0.694. The van der Waals surface area contributed by atoms with Crippen molar-refractivity contribution < 1.29 is 29.1 Å². The number of phenolic OH excluding ortho intramolecular Hbond substituents is 1. The van der Waals surface area contributed by atoms with Gasteiger partial charge in [-0.25, -0.2) is 0 Å². The molecule has 2 aliphatic heterocycles. The Hall–Kier alpha value is -5.70. The number of benzene rings is 3. The fraction of sp³-hybridized carbons (Fsp3) is 0.371. The van der Waals surface area contributed by atoms with Gasteiger partial charge in [0.25, 0.3) is 0 Å². The van der Waals surface area contributed by atoms with E-state index < -0.39 is 66.3 Å². The summed E-state index contributed by atoms with van der Waals surface area (Å²) in [6.45, 7) is -0.246. The molecule has 5 amide bonds. The Bertz CT molecular complexity index is 1760. The molecule has 2 fully saturated rings. The lowest BCUT2D eigenvalue weighted by Crippen LogP contribution is -2.57. The van der Waals surface area contributed by atoms with Crippen molar-refractivity contribution in [3.63, 3.8) is 0 Å². The van der Waals surface area contributed by atoms with Crippen LogP contribution in [-0.2, 0) is 36.8 Å². The van der Waals surface area contributed by atoms with E-state index in [1.807, 2.05) is 42.5 Å². The number of carbonyl (C=O) groups is 5.